The molecule has 0 saturated carbocycles. The molecule has 2 aromatic rings. The van der Waals surface area contributed by atoms with Gasteiger partial charge in [0, 0.05) is 6.07 Å². The normalized spacial score (nSPS) is 11.3. The summed E-state index contributed by atoms with van der Waals surface area (Å²) in [5.74, 6) is -3.32. The van der Waals surface area contributed by atoms with Crippen molar-refractivity contribution in [2.45, 2.75) is 11.8 Å². The third-order valence-corrected chi connectivity index (χ3v) is 4.10. The van der Waals surface area contributed by atoms with Crippen molar-refractivity contribution in [1.82, 2.24) is 0 Å². The van der Waals surface area contributed by atoms with E-state index in [1.165, 1.54) is 12.1 Å². The largest absolute Gasteiger partial charge is 0.491 e. The molecule has 0 bridgehead atoms. The molecular formula is C14H12F3NO3S. The lowest BCUT2D eigenvalue weighted by Gasteiger charge is -2.11. The molecule has 1 N–H and O–H groups in total. The Bertz CT molecular complexity index is 774. The Morgan fingerprint density at radius 3 is 2.23 bits per heavy atom. The van der Waals surface area contributed by atoms with Crippen LogP contribution >= 0.6 is 0 Å². The van der Waals surface area contributed by atoms with Crippen molar-refractivity contribution < 1.29 is 26.3 Å². The Morgan fingerprint density at radius 1 is 1.05 bits per heavy atom. The molecule has 0 amide bonds. The summed E-state index contributed by atoms with van der Waals surface area (Å²) in [6.45, 7) is 1.90. The van der Waals surface area contributed by atoms with Gasteiger partial charge in [-0.1, -0.05) is 6.07 Å². The fourth-order valence-corrected chi connectivity index (χ4v) is 2.97. The number of sulfonamides is 1. The molecule has 0 aromatic heterocycles. The van der Waals surface area contributed by atoms with E-state index in [0.717, 1.165) is 24.3 Å². The Morgan fingerprint density at radius 2 is 1.68 bits per heavy atom. The van der Waals surface area contributed by atoms with E-state index in [4.69, 9.17) is 4.74 Å². The zero-order valence-electron chi connectivity index (χ0n) is 11.4. The number of nitrogens with one attached hydrogen (secondary N) is 1. The van der Waals surface area contributed by atoms with Crippen molar-refractivity contribution in [3.63, 3.8) is 0 Å². The summed E-state index contributed by atoms with van der Waals surface area (Å²) in [5, 5.41) is 0. The van der Waals surface area contributed by atoms with Crippen molar-refractivity contribution in [2.75, 3.05) is 11.3 Å². The third kappa shape index (κ3) is 3.33. The van der Waals surface area contributed by atoms with E-state index in [1.54, 1.807) is 6.92 Å². The average Bonchev–Trinajstić information content (AvgIpc) is 2.41. The standard InChI is InChI=1S/C14H12F3NO3S/c1-2-21-13-7-6-9(8-12(13)17)18-22(19,20)14-10(15)4-3-5-11(14)16/h3-8,18H,2H2,1H3. The van der Waals surface area contributed by atoms with Crippen LogP contribution < -0.4 is 9.46 Å². The molecule has 0 radical (unpaired) electrons. The Kier molecular flexibility index (Phi) is 4.60. The van der Waals surface area contributed by atoms with Gasteiger partial charge in [-0.3, -0.25) is 4.72 Å². The van der Waals surface area contributed by atoms with Crippen molar-refractivity contribution in [1.29, 1.82) is 0 Å². The Balaban J connectivity index is 2.35. The van der Waals surface area contributed by atoms with Gasteiger partial charge in [0.05, 0.1) is 12.3 Å². The summed E-state index contributed by atoms with van der Waals surface area (Å²) in [5.41, 5.74) is -0.177. The molecule has 2 aromatic carbocycles. The monoisotopic (exact) mass is 331 g/mol. The molecule has 8 heteroatoms. The number of hydrogen-bond acceptors (Lipinski definition) is 3. The smallest absolute Gasteiger partial charge is 0.267 e. The molecule has 0 saturated heterocycles. The van der Waals surface area contributed by atoms with Crippen LogP contribution in [0.5, 0.6) is 5.75 Å². The number of halogens is 3. The molecule has 0 unspecified atom stereocenters. The van der Waals surface area contributed by atoms with Crippen LogP contribution in [0.1, 0.15) is 6.92 Å². The quantitative estimate of drug-likeness (QED) is 0.914. The van der Waals surface area contributed by atoms with Crippen LogP contribution in [0.3, 0.4) is 0 Å². The van der Waals surface area contributed by atoms with Gasteiger partial charge in [0.15, 0.2) is 16.5 Å². The summed E-state index contributed by atoms with van der Waals surface area (Å²) in [7, 11) is -4.52. The maximum absolute atomic E-state index is 13.7. The van der Waals surface area contributed by atoms with Crippen LogP contribution in [-0.2, 0) is 10.0 Å². The second-order valence-corrected chi connectivity index (χ2v) is 5.85. The minimum Gasteiger partial charge on any atom is -0.491 e. The van der Waals surface area contributed by atoms with Crippen LogP contribution in [0, 0.1) is 17.5 Å². The van der Waals surface area contributed by atoms with Gasteiger partial charge in [-0.25, -0.2) is 21.6 Å². The number of hydrogen-bond donors (Lipinski definition) is 1. The Hall–Kier alpha value is -2.22. The first-order valence-corrected chi connectivity index (χ1v) is 7.72. The molecule has 0 fully saturated rings. The number of ether oxygens (including phenoxy) is 1. The van der Waals surface area contributed by atoms with Crippen molar-refractivity contribution in [2.24, 2.45) is 0 Å². The predicted octanol–water partition coefficient (Wildman–Crippen LogP) is 3.30. The van der Waals surface area contributed by atoms with Crippen LogP contribution in [0.15, 0.2) is 41.3 Å². The van der Waals surface area contributed by atoms with Crippen LogP contribution in [0.4, 0.5) is 18.9 Å². The molecule has 0 spiro atoms. The van der Waals surface area contributed by atoms with Crippen LogP contribution in [0.25, 0.3) is 0 Å². The van der Waals surface area contributed by atoms with E-state index in [2.05, 4.69) is 0 Å². The first-order chi connectivity index (χ1) is 10.3. The third-order valence-electron chi connectivity index (χ3n) is 2.67. The van der Waals surface area contributed by atoms with Gasteiger partial charge in [-0.05, 0) is 31.2 Å². The fraction of sp³-hybridized carbons (Fsp3) is 0.143. The zero-order chi connectivity index (χ0) is 16.3. The van der Waals surface area contributed by atoms with E-state index in [1.807, 2.05) is 4.72 Å². The van der Waals surface area contributed by atoms with Crippen LogP contribution in [-0.4, -0.2) is 15.0 Å². The average molecular weight is 331 g/mol. The SMILES string of the molecule is CCOc1ccc(NS(=O)(=O)c2c(F)cccc2F)cc1F. The predicted molar refractivity (Wildman–Crippen MR) is 74.7 cm³/mol. The van der Waals surface area contributed by atoms with E-state index in [0.29, 0.717) is 0 Å². The van der Waals surface area contributed by atoms with Crippen LogP contribution in [0.2, 0.25) is 0 Å². The van der Waals surface area contributed by atoms with Gasteiger partial charge in [0.25, 0.3) is 10.0 Å². The summed E-state index contributed by atoms with van der Waals surface area (Å²) >= 11 is 0. The van der Waals surface area contributed by atoms with Gasteiger partial charge >= 0.3 is 0 Å². The maximum atomic E-state index is 13.7. The lowest BCUT2D eigenvalue weighted by atomic mass is 10.3. The minimum absolute atomic E-state index is 0.0532. The van der Waals surface area contributed by atoms with E-state index in [-0.39, 0.29) is 18.0 Å². The van der Waals surface area contributed by atoms with Gasteiger partial charge in [0.1, 0.15) is 11.6 Å². The van der Waals surface area contributed by atoms with Crippen molar-refractivity contribution >= 4 is 15.7 Å². The molecule has 4 nitrogen and oxygen atoms in total. The maximum Gasteiger partial charge on any atom is 0.267 e. The topological polar surface area (TPSA) is 55.4 Å². The van der Waals surface area contributed by atoms with Crippen molar-refractivity contribution in [3.05, 3.63) is 53.8 Å². The highest BCUT2D eigenvalue weighted by atomic mass is 32.2. The highest BCUT2D eigenvalue weighted by Crippen LogP contribution is 2.25. The summed E-state index contributed by atoms with van der Waals surface area (Å²) < 4.78 is 71.7. The number of rotatable bonds is 5. The fourth-order valence-electron chi connectivity index (χ4n) is 1.78. The molecule has 0 atom stereocenters. The molecular weight excluding hydrogens is 319 g/mol. The summed E-state index contributed by atoms with van der Waals surface area (Å²) in [6.07, 6.45) is 0. The second-order valence-electron chi connectivity index (χ2n) is 4.23. The first-order valence-electron chi connectivity index (χ1n) is 6.24. The first kappa shape index (κ1) is 16.2. The lowest BCUT2D eigenvalue weighted by molar-refractivity contribution is 0.321. The van der Waals surface area contributed by atoms with Crippen molar-refractivity contribution in [3.8, 4) is 5.75 Å². The lowest BCUT2D eigenvalue weighted by Crippen LogP contribution is -2.16. The number of benzene rings is 2. The molecule has 118 valence electrons. The minimum atomic E-state index is -4.52. The van der Waals surface area contributed by atoms with Gasteiger partial charge < -0.3 is 4.74 Å². The van der Waals surface area contributed by atoms with Gasteiger partial charge in [-0.15, -0.1) is 0 Å². The molecule has 0 aliphatic carbocycles. The Labute approximate surface area is 125 Å². The zero-order valence-corrected chi connectivity index (χ0v) is 12.3. The molecule has 2 rings (SSSR count). The molecule has 22 heavy (non-hydrogen) atoms. The highest BCUT2D eigenvalue weighted by Gasteiger charge is 2.24. The van der Waals surface area contributed by atoms with E-state index >= 15 is 0 Å². The summed E-state index contributed by atoms with van der Waals surface area (Å²) in [4.78, 5) is -1.12. The molecule has 0 aliphatic heterocycles. The molecule has 0 heterocycles. The second kappa shape index (κ2) is 6.27. The summed E-state index contributed by atoms with van der Waals surface area (Å²) in [6, 6.07) is 5.98. The van der Waals surface area contributed by atoms with Gasteiger partial charge in [0.2, 0.25) is 0 Å². The van der Waals surface area contributed by atoms with E-state index in [9.17, 15) is 21.6 Å². The highest BCUT2D eigenvalue weighted by molar-refractivity contribution is 7.92. The molecule has 0 aliphatic rings. The number of anilines is 1. The van der Waals surface area contributed by atoms with E-state index < -0.39 is 32.4 Å². The van der Waals surface area contributed by atoms with Gasteiger partial charge in [-0.2, -0.15) is 0 Å².